The van der Waals surface area contributed by atoms with Crippen LogP contribution < -0.4 is 5.43 Å². The minimum Gasteiger partial charge on any atom is -0.261 e. The lowest BCUT2D eigenvalue weighted by Crippen LogP contribution is -1.96. The van der Waals surface area contributed by atoms with Crippen molar-refractivity contribution in [2.75, 3.05) is 5.43 Å². The Hall–Kier alpha value is -2.79. The van der Waals surface area contributed by atoms with Crippen molar-refractivity contribution in [2.45, 2.75) is 13.8 Å². The molecule has 2 aromatic heterocycles. The molecule has 0 saturated carbocycles. The van der Waals surface area contributed by atoms with E-state index in [1.165, 1.54) is 21.2 Å². The second-order valence-corrected chi connectivity index (χ2v) is 6.83. The van der Waals surface area contributed by atoms with Crippen molar-refractivity contribution in [1.29, 1.82) is 0 Å². The van der Waals surface area contributed by atoms with Crippen molar-refractivity contribution in [3.8, 4) is 0 Å². The molecule has 0 aliphatic carbocycles. The number of hydrogen-bond acceptors (Lipinski definition) is 5. The first-order valence-corrected chi connectivity index (χ1v) is 8.53. The normalized spacial score (nSPS) is 11.6. The van der Waals surface area contributed by atoms with Crippen LogP contribution in [0.3, 0.4) is 0 Å². The van der Waals surface area contributed by atoms with Crippen molar-refractivity contribution in [3.05, 3.63) is 64.8 Å². The van der Waals surface area contributed by atoms with E-state index in [4.69, 9.17) is 0 Å². The highest BCUT2D eigenvalue weighted by Gasteiger charge is 2.11. The van der Waals surface area contributed by atoms with Gasteiger partial charge in [-0.3, -0.25) is 5.43 Å². The van der Waals surface area contributed by atoms with Crippen LogP contribution in [-0.2, 0) is 0 Å². The van der Waals surface area contributed by atoms with Crippen molar-refractivity contribution >= 4 is 44.4 Å². The van der Waals surface area contributed by atoms with E-state index in [1.807, 2.05) is 24.4 Å². The molecule has 0 aliphatic heterocycles. The lowest BCUT2D eigenvalue weighted by Gasteiger charge is -2.03. The maximum absolute atomic E-state index is 4.40. The molecule has 4 rings (SSSR count). The Morgan fingerprint density at radius 2 is 1.88 bits per heavy atom. The fraction of sp³-hybridized carbons (Fsp3) is 0.105. The van der Waals surface area contributed by atoms with Crippen LogP contribution in [0.2, 0.25) is 0 Å². The minimum absolute atomic E-state index is 0.748. The lowest BCUT2D eigenvalue weighted by atomic mass is 10.1. The van der Waals surface area contributed by atoms with E-state index in [0.717, 1.165) is 21.6 Å². The van der Waals surface area contributed by atoms with E-state index in [0.29, 0.717) is 0 Å². The fourth-order valence-electron chi connectivity index (χ4n) is 2.79. The van der Waals surface area contributed by atoms with Gasteiger partial charge in [-0.15, -0.1) is 11.3 Å². The SMILES string of the molecule is Cc1sc2ncnc(NN=Cc3cccc4ccccc34)c2c1C. The van der Waals surface area contributed by atoms with Crippen molar-refractivity contribution in [1.82, 2.24) is 9.97 Å². The summed E-state index contributed by atoms with van der Waals surface area (Å²) in [4.78, 5) is 10.9. The van der Waals surface area contributed by atoms with Crippen LogP contribution in [0.15, 0.2) is 53.9 Å². The molecule has 0 atom stereocenters. The Bertz CT molecular complexity index is 1060. The van der Waals surface area contributed by atoms with Crippen LogP contribution in [0.4, 0.5) is 5.82 Å². The zero-order chi connectivity index (χ0) is 16.5. The fourth-order valence-corrected chi connectivity index (χ4v) is 3.79. The Morgan fingerprint density at radius 1 is 1.04 bits per heavy atom. The summed E-state index contributed by atoms with van der Waals surface area (Å²) in [7, 11) is 0. The Morgan fingerprint density at radius 3 is 2.79 bits per heavy atom. The highest BCUT2D eigenvalue weighted by molar-refractivity contribution is 7.18. The van der Waals surface area contributed by atoms with Crippen LogP contribution in [0.5, 0.6) is 0 Å². The van der Waals surface area contributed by atoms with Crippen LogP contribution in [-0.4, -0.2) is 16.2 Å². The first-order chi connectivity index (χ1) is 11.7. The molecule has 24 heavy (non-hydrogen) atoms. The van der Waals surface area contributed by atoms with E-state index in [2.05, 4.69) is 58.6 Å². The maximum Gasteiger partial charge on any atom is 0.158 e. The molecule has 0 fully saturated rings. The van der Waals surface area contributed by atoms with Gasteiger partial charge in [0.15, 0.2) is 5.82 Å². The van der Waals surface area contributed by atoms with Crippen molar-refractivity contribution in [2.24, 2.45) is 5.10 Å². The standard InChI is InChI=1S/C19H16N4S/c1-12-13(2)24-19-17(12)18(20-11-21-19)23-22-10-15-8-5-7-14-6-3-4-9-16(14)15/h3-11H,1-2H3,(H,20,21,23). The number of thiophene rings is 1. The number of hydrazone groups is 1. The second-order valence-electron chi connectivity index (χ2n) is 5.62. The number of rotatable bonds is 3. The van der Waals surface area contributed by atoms with Gasteiger partial charge in [-0.25, -0.2) is 9.97 Å². The predicted molar refractivity (Wildman–Crippen MR) is 102 cm³/mol. The lowest BCUT2D eigenvalue weighted by molar-refractivity contribution is 1.19. The van der Waals surface area contributed by atoms with Gasteiger partial charge in [0.25, 0.3) is 0 Å². The second kappa shape index (κ2) is 6.02. The summed E-state index contributed by atoms with van der Waals surface area (Å²) in [6, 6.07) is 14.5. The van der Waals surface area contributed by atoms with Gasteiger partial charge in [-0.1, -0.05) is 42.5 Å². The zero-order valence-electron chi connectivity index (χ0n) is 13.4. The number of fused-ring (bicyclic) bond motifs is 2. The Kier molecular flexibility index (Phi) is 3.70. The smallest absolute Gasteiger partial charge is 0.158 e. The topological polar surface area (TPSA) is 50.2 Å². The van der Waals surface area contributed by atoms with Crippen LogP contribution in [0, 0.1) is 13.8 Å². The highest BCUT2D eigenvalue weighted by Crippen LogP contribution is 2.32. The highest BCUT2D eigenvalue weighted by atomic mass is 32.1. The predicted octanol–water partition coefficient (Wildman–Crippen LogP) is 4.91. The quantitative estimate of drug-likeness (QED) is 0.428. The number of anilines is 1. The molecule has 4 nitrogen and oxygen atoms in total. The Balaban J connectivity index is 1.69. The minimum atomic E-state index is 0.748. The van der Waals surface area contributed by atoms with E-state index < -0.39 is 0 Å². The average Bonchev–Trinajstić information content (AvgIpc) is 2.90. The number of aryl methyl sites for hydroxylation is 2. The third-order valence-electron chi connectivity index (χ3n) is 4.16. The van der Waals surface area contributed by atoms with Gasteiger partial charge < -0.3 is 0 Å². The van der Waals surface area contributed by atoms with Gasteiger partial charge in [-0.05, 0) is 30.2 Å². The number of hydrogen-bond donors (Lipinski definition) is 1. The molecule has 0 amide bonds. The van der Waals surface area contributed by atoms with Gasteiger partial charge in [0, 0.05) is 10.4 Å². The molecule has 5 heteroatoms. The molecule has 0 saturated heterocycles. The monoisotopic (exact) mass is 332 g/mol. The molecule has 2 aromatic carbocycles. The number of nitrogens with zero attached hydrogens (tertiary/aromatic N) is 3. The molecule has 2 heterocycles. The van der Waals surface area contributed by atoms with E-state index in [1.54, 1.807) is 17.7 Å². The van der Waals surface area contributed by atoms with Crippen LogP contribution in [0.25, 0.3) is 21.0 Å². The number of aromatic nitrogens is 2. The third-order valence-corrected chi connectivity index (χ3v) is 5.28. The summed E-state index contributed by atoms with van der Waals surface area (Å²) >= 11 is 1.68. The van der Waals surface area contributed by atoms with Crippen LogP contribution in [0.1, 0.15) is 16.0 Å². The van der Waals surface area contributed by atoms with Gasteiger partial charge in [0.2, 0.25) is 0 Å². The molecular formula is C19H16N4S. The third kappa shape index (κ3) is 2.53. The largest absolute Gasteiger partial charge is 0.261 e. The molecule has 4 aromatic rings. The molecular weight excluding hydrogens is 316 g/mol. The molecule has 0 unspecified atom stereocenters. The first kappa shape index (κ1) is 14.8. The summed E-state index contributed by atoms with van der Waals surface area (Å²) < 4.78 is 0. The van der Waals surface area contributed by atoms with Gasteiger partial charge in [0.05, 0.1) is 11.6 Å². The van der Waals surface area contributed by atoms with Gasteiger partial charge in [0.1, 0.15) is 11.2 Å². The molecule has 118 valence electrons. The van der Waals surface area contributed by atoms with Gasteiger partial charge >= 0.3 is 0 Å². The first-order valence-electron chi connectivity index (χ1n) is 7.71. The molecule has 0 aliphatic rings. The summed E-state index contributed by atoms with van der Waals surface area (Å²) in [6.45, 7) is 4.20. The zero-order valence-corrected chi connectivity index (χ0v) is 14.3. The maximum atomic E-state index is 4.40. The summed E-state index contributed by atoms with van der Waals surface area (Å²) in [5.74, 6) is 0.748. The van der Waals surface area contributed by atoms with E-state index in [-0.39, 0.29) is 0 Å². The van der Waals surface area contributed by atoms with Crippen molar-refractivity contribution in [3.63, 3.8) is 0 Å². The molecule has 1 N–H and O–H groups in total. The molecule has 0 radical (unpaired) electrons. The van der Waals surface area contributed by atoms with E-state index >= 15 is 0 Å². The van der Waals surface area contributed by atoms with E-state index in [9.17, 15) is 0 Å². The van der Waals surface area contributed by atoms with Crippen molar-refractivity contribution < 1.29 is 0 Å². The summed E-state index contributed by atoms with van der Waals surface area (Å²) in [5, 5.41) is 7.84. The van der Waals surface area contributed by atoms with Gasteiger partial charge in [-0.2, -0.15) is 5.10 Å². The summed E-state index contributed by atoms with van der Waals surface area (Å²) in [5.41, 5.74) is 5.36. The number of nitrogens with one attached hydrogen (secondary N) is 1. The Labute approximate surface area is 143 Å². The average molecular weight is 332 g/mol. The van der Waals surface area contributed by atoms with Crippen LogP contribution >= 0.6 is 11.3 Å². The molecule has 0 bridgehead atoms. The molecule has 0 spiro atoms. The summed E-state index contributed by atoms with van der Waals surface area (Å²) in [6.07, 6.45) is 3.41. The number of benzene rings is 2.